The SMILES string of the molecule is O=C(CC1CCCCN1)NC1CCS(=O)(=O)CC1. The maximum Gasteiger partial charge on any atom is 0.221 e. The number of piperidine rings is 1. The van der Waals surface area contributed by atoms with Crippen molar-refractivity contribution in [3.63, 3.8) is 0 Å². The minimum Gasteiger partial charge on any atom is -0.353 e. The van der Waals surface area contributed by atoms with Crippen LogP contribution >= 0.6 is 0 Å². The highest BCUT2D eigenvalue weighted by Crippen LogP contribution is 2.14. The number of sulfone groups is 1. The predicted molar refractivity (Wildman–Crippen MR) is 70.1 cm³/mol. The van der Waals surface area contributed by atoms with Crippen molar-refractivity contribution in [2.75, 3.05) is 18.1 Å². The third-order valence-corrected chi connectivity index (χ3v) is 5.48. The summed E-state index contributed by atoms with van der Waals surface area (Å²) in [6.07, 6.45) is 5.08. The standard InChI is InChI=1S/C12H22N2O3S/c15-12(9-11-3-1-2-6-13-11)14-10-4-7-18(16,17)8-5-10/h10-11,13H,1-9H2,(H,14,15). The Balaban J connectivity index is 1.71. The number of carbonyl (C=O) groups excluding carboxylic acids is 1. The van der Waals surface area contributed by atoms with Crippen LogP contribution in [0.1, 0.15) is 38.5 Å². The van der Waals surface area contributed by atoms with Gasteiger partial charge in [-0.25, -0.2) is 8.42 Å². The average molecular weight is 274 g/mol. The summed E-state index contributed by atoms with van der Waals surface area (Å²) in [7, 11) is -2.84. The zero-order chi connectivity index (χ0) is 13.0. The predicted octanol–water partition coefficient (Wildman–Crippen LogP) is 0.212. The first-order chi connectivity index (χ1) is 8.55. The van der Waals surface area contributed by atoms with Gasteiger partial charge in [-0.1, -0.05) is 6.42 Å². The van der Waals surface area contributed by atoms with Crippen molar-refractivity contribution < 1.29 is 13.2 Å². The zero-order valence-electron chi connectivity index (χ0n) is 10.7. The van der Waals surface area contributed by atoms with Gasteiger partial charge in [-0.3, -0.25) is 4.79 Å². The first-order valence-electron chi connectivity index (χ1n) is 6.78. The van der Waals surface area contributed by atoms with Crippen LogP contribution in [0.4, 0.5) is 0 Å². The zero-order valence-corrected chi connectivity index (χ0v) is 11.5. The molecule has 1 atom stereocenters. The lowest BCUT2D eigenvalue weighted by Gasteiger charge is -2.26. The van der Waals surface area contributed by atoms with E-state index < -0.39 is 9.84 Å². The Morgan fingerprint density at radius 3 is 2.50 bits per heavy atom. The molecular weight excluding hydrogens is 252 g/mol. The van der Waals surface area contributed by atoms with Crippen molar-refractivity contribution in [3.8, 4) is 0 Å². The molecule has 0 spiro atoms. The fourth-order valence-corrected chi connectivity index (χ4v) is 4.13. The van der Waals surface area contributed by atoms with Crippen molar-refractivity contribution in [2.24, 2.45) is 0 Å². The number of hydrogen-bond donors (Lipinski definition) is 2. The molecule has 104 valence electrons. The Bertz CT molecular complexity index is 374. The molecule has 2 rings (SSSR count). The molecule has 2 heterocycles. The molecule has 2 aliphatic rings. The Morgan fingerprint density at radius 1 is 1.17 bits per heavy atom. The minimum atomic E-state index is -2.84. The molecule has 1 amide bonds. The Kier molecular flexibility index (Phi) is 4.61. The minimum absolute atomic E-state index is 0.0459. The molecule has 2 N–H and O–H groups in total. The quantitative estimate of drug-likeness (QED) is 0.771. The second kappa shape index (κ2) is 6.02. The lowest BCUT2D eigenvalue weighted by atomic mass is 10.0. The van der Waals surface area contributed by atoms with Gasteiger partial charge in [0, 0.05) is 18.5 Å². The van der Waals surface area contributed by atoms with Crippen LogP contribution in [0, 0.1) is 0 Å². The van der Waals surface area contributed by atoms with Crippen molar-refractivity contribution >= 4 is 15.7 Å². The summed E-state index contributed by atoms with van der Waals surface area (Å²) in [5.74, 6) is 0.470. The highest BCUT2D eigenvalue weighted by atomic mass is 32.2. The maximum absolute atomic E-state index is 11.8. The summed E-state index contributed by atoms with van der Waals surface area (Å²) in [5, 5.41) is 6.30. The van der Waals surface area contributed by atoms with Gasteiger partial charge >= 0.3 is 0 Å². The van der Waals surface area contributed by atoms with Crippen molar-refractivity contribution in [3.05, 3.63) is 0 Å². The normalized spacial score (nSPS) is 28.8. The largest absolute Gasteiger partial charge is 0.353 e. The first-order valence-corrected chi connectivity index (χ1v) is 8.60. The number of hydrogen-bond acceptors (Lipinski definition) is 4. The molecule has 0 bridgehead atoms. The molecular formula is C12H22N2O3S. The summed E-state index contributed by atoms with van der Waals surface area (Å²) in [4.78, 5) is 11.8. The van der Waals surface area contributed by atoms with E-state index in [0.29, 0.717) is 25.3 Å². The van der Waals surface area contributed by atoms with Gasteiger partial charge in [-0.15, -0.1) is 0 Å². The van der Waals surface area contributed by atoms with E-state index in [-0.39, 0.29) is 23.5 Å². The average Bonchev–Trinajstić information content (AvgIpc) is 2.33. The van der Waals surface area contributed by atoms with E-state index in [1.165, 1.54) is 12.8 Å². The lowest BCUT2D eigenvalue weighted by molar-refractivity contribution is -0.122. The van der Waals surface area contributed by atoms with Gasteiger partial charge in [-0.2, -0.15) is 0 Å². The number of carbonyl (C=O) groups is 1. The van der Waals surface area contributed by atoms with E-state index in [2.05, 4.69) is 10.6 Å². The van der Waals surface area contributed by atoms with Gasteiger partial charge in [0.2, 0.25) is 5.91 Å². The van der Waals surface area contributed by atoms with Crippen LogP contribution in [0.3, 0.4) is 0 Å². The molecule has 18 heavy (non-hydrogen) atoms. The van der Waals surface area contributed by atoms with Crippen LogP contribution in [-0.2, 0) is 14.6 Å². The first kappa shape index (κ1) is 13.8. The molecule has 2 saturated heterocycles. The summed E-state index contributed by atoms with van der Waals surface area (Å²) < 4.78 is 22.6. The third kappa shape index (κ3) is 4.24. The van der Waals surface area contributed by atoms with Crippen molar-refractivity contribution in [2.45, 2.75) is 50.6 Å². The lowest BCUT2D eigenvalue weighted by Crippen LogP contribution is -2.44. The van der Waals surface area contributed by atoms with Gasteiger partial charge in [0.05, 0.1) is 11.5 Å². The fraction of sp³-hybridized carbons (Fsp3) is 0.917. The number of rotatable bonds is 3. The van der Waals surface area contributed by atoms with Crippen LogP contribution in [0.5, 0.6) is 0 Å². The van der Waals surface area contributed by atoms with Gasteiger partial charge in [0.25, 0.3) is 0 Å². The Hall–Kier alpha value is -0.620. The number of nitrogens with one attached hydrogen (secondary N) is 2. The molecule has 0 aromatic carbocycles. The van der Waals surface area contributed by atoms with Crippen molar-refractivity contribution in [1.29, 1.82) is 0 Å². The van der Waals surface area contributed by atoms with Crippen LogP contribution in [0.15, 0.2) is 0 Å². The Labute approximate surface area is 109 Å². The molecule has 0 aromatic heterocycles. The summed E-state index contributed by atoms with van der Waals surface area (Å²) in [5.41, 5.74) is 0. The van der Waals surface area contributed by atoms with Gasteiger partial charge in [0.15, 0.2) is 0 Å². The third-order valence-electron chi connectivity index (χ3n) is 3.76. The summed E-state index contributed by atoms with van der Waals surface area (Å²) >= 11 is 0. The van der Waals surface area contributed by atoms with E-state index in [4.69, 9.17) is 0 Å². The van der Waals surface area contributed by atoms with Crippen LogP contribution in [-0.4, -0.2) is 44.5 Å². The second-order valence-electron chi connectivity index (χ2n) is 5.34. The molecule has 2 aliphatic heterocycles. The highest BCUT2D eigenvalue weighted by Gasteiger charge is 2.25. The molecule has 0 aromatic rings. The van der Waals surface area contributed by atoms with Crippen molar-refractivity contribution in [1.82, 2.24) is 10.6 Å². The van der Waals surface area contributed by atoms with E-state index in [1.54, 1.807) is 0 Å². The Morgan fingerprint density at radius 2 is 1.89 bits per heavy atom. The van der Waals surface area contributed by atoms with E-state index in [0.717, 1.165) is 13.0 Å². The molecule has 6 heteroatoms. The maximum atomic E-state index is 11.8. The van der Waals surface area contributed by atoms with Crippen LogP contribution < -0.4 is 10.6 Å². The molecule has 5 nitrogen and oxygen atoms in total. The molecule has 0 aliphatic carbocycles. The van der Waals surface area contributed by atoms with E-state index in [9.17, 15) is 13.2 Å². The fourth-order valence-electron chi connectivity index (χ4n) is 2.64. The van der Waals surface area contributed by atoms with E-state index >= 15 is 0 Å². The molecule has 0 saturated carbocycles. The monoisotopic (exact) mass is 274 g/mol. The van der Waals surface area contributed by atoms with Crippen LogP contribution in [0.2, 0.25) is 0 Å². The van der Waals surface area contributed by atoms with Crippen LogP contribution in [0.25, 0.3) is 0 Å². The van der Waals surface area contributed by atoms with Gasteiger partial charge < -0.3 is 10.6 Å². The van der Waals surface area contributed by atoms with E-state index in [1.807, 2.05) is 0 Å². The second-order valence-corrected chi connectivity index (χ2v) is 7.65. The summed E-state index contributed by atoms with van der Waals surface area (Å²) in [6, 6.07) is 0.343. The van der Waals surface area contributed by atoms with Gasteiger partial charge in [-0.05, 0) is 32.2 Å². The van der Waals surface area contributed by atoms with Gasteiger partial charge in [0.1, 0.15) is 9.84 Å². The number of amides is 1. The molecule has 0 radical (unpaired) electrons. The topological polar surface area (TPSA) is 75.3 Å². The molecule has 2 fully saturated rings. The molecule has 1 unspecified atom stereocenters. The highest BCUT2D eigenvalue weighted by molar-refractivity contribution is 7.91. The smallest absolute Gasteiger partial charge is 0.221 e. The summed E-state index contributed by atoms with van der Waals surface area (Å²) in [6.45, 7) is 1.000.